The van der Waals surface area contributed by atoms with E-state index in [2.05, 4.69) is 5.32 Å². The molecule has 0 heterocycles. The first-order valence-corrected chi connectivity index (χ1v) is 14.0. The summed E-state index contributed by atoms with van der Waals surface area (Å²) in [6.07, 6.45) is 5.03. The summed E-state index contributed by atoms with van der Waals surface area (Å²) in [4.78, 5) is 29.2. The van der Waals surface area contributed by atoms with Crippen LogP contribution in [0.4, 0.5) is 4.39 Å². The van der Waals surface area contributed by atoms with Crippen LogP contribution in [0.2, 0.25) is 15.1 Å². The lowest BCUT2D eigenvalue weighted by Gasteiger charge is -2.34. The molecule has 0 saturated heterocycles. The molecule has 1 fully saturated rings. The van der Waals surface area contributed by atoms with Gasteiger partial charge >= 0.3 is 0 Å². The van der Waals surface area contributed by atoms with E-state index in [1.807, 2.05) is 30.3 Å². The minimum Gasteiger partial charge on any atom is -0.352 e. The average Bonchev–Trinajstić information content (AvgIpc) is 2.91. The summed E-state index contributed by atoms with van der Waals surface area (Å²) in [5, 5.41) is 4.09. The number of carbonyl (C=O) groups excluding carboxylic acids is 2. The van der Waals surface area contributed by atoms with E-state index >= 15 is 0 Å². The Morgan fingerprint density at radius 3 is 2.08 bits per heavy atom. The van der Waals surface area contributed by atoms with E-state index < -0.39 is 17.8 Å². The summed E-state index contributed by atoms with van der Waals surface area (Å²) in [6.45, 7) is -0.0149. The monoisotopic (exact) mass is 574 g/mol. The number of hydrogen-bond donors (Lipinski definition) is 1. The van der Waals surface area contributed by atoms with E-state index in [1.165, 1.54) is 17.0 Å². The van der Waals surface area contributed by atoms with Gasteiger partial charge in [-0.3, -0.25) is 9.59 Å². The van der Waals surface area contributed by atoms with Gasteiger partial charge in [-0.2, -0.15) is 0 Å². The van der Waals surface area contributed by atoms with E-state index in [0.29, 0.717) is 15.6 Å². The fraction of sp³-hybridized carbons (Fsp3) is 0.333. The van der Waals surface area contributed by atoms with Crippen molar-refractivity contribution in [2.45, 2.75) is 63.6 Å². The van der Waals surface area contributed by atoms with Crippen LogP contribution in [-0.4, -0.2) is 28.8 Å². The Balaban J connectivity index is 1.72. The quantitative estimate of drug-likeness (QED) is 0.289. The Bertz CT molecular complexity index is 1230. The van der Waals surface area contributed by atoms with Gasteiger partial charge in [-0.1, -0.05) is 96.5 Å². The molecule has 0 radical (unpaired) electrons. The number of rotatable bonds is 9. The second-order valence-corrected chi connectivity index (χ2v) is 10.9. The van der Waals surface area contributed by atoms with Gasteiger partial charge in [0.05, 0.1) is 6.42 Å². The van der Waals surface area contributed by atoms with Crippen LogP contribution in [0.15, 0.2) is 66.7 Å². The van der Waals surface area contributed by atoms with Gasteiger partial charge in [-0.25, -0.2) is 4.39 Å². The van der Waals surface area contributed by atoms with Crippen molar-refractivity contribution in [3.63, 3.8) is 0 Å². The lowest BCUT2D eigenvalue weighted by molar-refractivity contribution is -0.141. The highest BCUT2D eigenvalue weighted by atomic mass is 35.5. The lowest BCUT2D eigenvalue weighted by Crippen LogP contribution is -2.53. The number of carbonyl (C=O) groups is 2. The summed E-state index contributed by atoms with van der Waals surface area (Å²) < 4.78 is 14.7. The number of amides is 2. The smallest absolute Gasteiger partial charge is 0.243 e. The summed E-state index contributed by atoms with van der Waals surface area (Å²) in [5.74, 6) is -1.28. The van der Waals surface area contributed by atoms with Gasteiger partial charge in [-0.15, -0.1) is 0 Å². The molecular formula is C30H30Cl3FN2O2. The summed E-state index contributed by atoms with van der Waals surface area (Å²) in [6, 6.07) is 18.1. The Kier molecular flexibility index (Phi) is 10.1. The van der Waals surface area contributed by atoms with E-state index in [4.69, 9.17) is 34.8 Å². The molecule has 1 N–H and O–H groups in total. The van der Waals surface area contributed by atoms with Crippen molar-refractivity contribution >= 4 is 46.6 Å². The van der Waals surface area contributed by atoms with Gasteiger partial charge in [0.1, 0.15) is 11.9 Å². The van der Waals surface area contributed by atoms with Crippen molar-refractivity contribution in [2.75, 3.05) is 0 Å². The maximum absolute atomic E-state index is 14.7. The minimum absolute atomic E-state index is 0.0149. The summed E-state index contributed by atoms with van der Waals surface area (Å²) in [5.41, 5.74) is 1.50. The molecule has 4 rings (SSSR count). The third kappa shape index (κ3) is 7.28. The number of benzene rings is 3. The average molecular weight is 576 g/mol. The van der Waals surface area contributed by atoms with Crippen LogP contribution in [-0.2, 0) is 29.0 Å². The highest BCUT2D eigenvalue weighted by Gasteiger charge is 2.33. The third-order valence-electron chi connectivity index (χ3n) is 7.00. The highest BCUT2D eigenvalue weighted by molar-refractivity contribution is 6.36. The summed E-state index contributed by atoms with van der Waals surface area (Å²) >= 11 is 19.2. The topological polar surface area (TPSA) is 49.4 Å². The van der Waals surface area contributed by atoms with E-state index in [9.17, 15) is 14.0 Å². The fourth-order valence-corrected chi connectivity index (χ4v) is 5.65. The SMILES string of the molecule is O=C(NC1CCCCC1)[C@H](Cc1ccccc1)N(Cc1c(Cl)cccc1Cl)C(=O)Cc1c(F)cccc1Cl. The van der Waals surface area contributed by atoms with Crippen LogP contribution in [0.5, 0.6) is 0 Å². The standard InChI is InChI=1S/C30H30Cl3FN2O2/c31-24-15-8-16-27(34)22(24)18-29(37)36(19-23-25(32)13-7-14-26(23)33)28(17-20-9-3-1-4-10-20)30(38)35-21-11-5-2-6-12-21/h1,3-4,7-10,13-16,21,28H,2,5-6,11-12,17-19H2,(H,35,38)/t28-/m0/s1. The van der Waals surface area contributed by atoms with Gasteiger partial charge in [0.2, 0.25) is 11.8 Å². The van der Waals surface area contributed by atoms with Crippen molar-refractivity contribution in [2.24, 2.45) is 0 Å². The second-order valence-electron chi connectivity index (χ2n) is 9.65. The molecule has 1 aliphatic carbocycles. The van der Waals surface area contributed by atoms with Crippen molar-refractivity contribution in [1.82, 2.24) is 10.2 Å². The van der Waals surface area contributed by atoms with E-state index in [-0.39, 0.29) is 41.9 Å². The third-order valence-corrected chi connectivity index (χ3v) is 8.06. The van der Waals surface area contributed by atoms with Gasteiger partial charge in [0.15, 0.2) is 0 Å². The first-order valence-electron chi connectivity index (χ1n) is 12.8. The van der Waals surface area contributed by atoms with Crippen LogP contribution in [0.1, 0.15) is 48.8 Å². The van der Waals surface area contributed by atoms with Crippen molar-refractivity contribution in [3.8, 4) is 0 Å². The number of hydrogen-bond acceptors (Lipinski definition) is 2. The Morgan fingerprint density at radius 2 is 1.45 bits per heavy atom. The van der Waals surface area contributed by atoms with Crippen LogP contribution in [0.25, 0.3) is 0 Å². The molecule has 1 saturated carbocycles. The molecule has 0 unspecified atom stereocenters. The van der Waals surface area contributed by atoms with Gasteiger partial charge < -0.3 is 10.2 Å². The Hall–Kier alpha value is -2.60. The number of nitrogens with zero attached hydrogens (tertiary/aromatic N) is 1. The normalized spacial score (nSPS) is 14.6. The van der Waals surface area contributed by atoms with Crippen molar-refractivity contribution in [3.05, 3.63) is 104 Å². The molecular weight excluding hydrogens is 546 g/mol. The zero-order chi connectivity index (χ0) is 27.1. The first-order chi connectivity index (χ1) is 18.3. The molecule has 0 aliphatic heterocycles. The molecule has 0 spiro atoms. The molecule has 3 aromatic rings. The van der Waals surface area contributed by atoms with Crippen molar-refractivity contribution in [1.29, 1.82) is 0 Å². The van der Waals surface area contributed by atoms with Crippen molar-refractivity contribution < 1.29 is 14.0 Å². The molecule has 38 heavy (non-hydrogen) atoms. The molecule has 2 amide bonds. The highest BCUT2D eigenvalue weighted by Crippen LogP contribution is 2.29. The van der Waals surface area contributed by atoms with Crippen LogP contribution >= 0.6 is 34.8 Å². The Labute approximate surface area is 238 Å². The van der Waals surface area contributed by atoms with E-state index in [0.717, 1.165) is 37.7 Å². The van der Waals surface area contributed by atoms with Gasteiger partial charge in [-0.05, 0) is 42.7 Å². The largest absolute Gasteiger partial charge is 0.352 e. The predicted octanol–water partition coefficient (Wildman–Crippen LogP) is 7.42. The molecule has 200 valence electrons. The molecule has 1 atom stereocenters. The fourth-order valence-electron chi connectivity index (χ4n) is 4.91. The predicted molar refractivity (Wildman–Crippen MR) is 151 cm³/mol. The zero-order valence-corrected chi connectivity index (χ0v) is 23.2. The maximum Gasteiger partial charge on any atom is 0.243 e. The maximum atomic E-state index is 14.7. The zero-order valence-electron chi connectivity index (χ0n) is 20.9. The molecule has 1 aliphatic rings. The lowest BCUT2D eigenvalue weighted by atomic mass is 9.94. The van der Waals surface area contributed by atoms with Gasteiger partial charge in [0, 0.05) is 45.2 Å². The number of halogens is 4. The molecule has 3 aromatic carbocycles. The summed E-state index contributed by atoms with van der Waals surface area (Å²) in [7, 11) is 0. The minimum atomic E-state index is -0.871. The van der Waals surface area contributed by atoms with Gasteiger partial charge in [0.25, 0.3) is 0 Å². The molecule has 8 heteroatoms. The first kappa shape index (κ1) is 28.4. The van der Waals surface area contributed by atoms with Crippen LogP contribution in [0, 0.1) is 5.82 Å². The molecule has 4 nitrogen and oxygen atoms in total. The molecule has 0 bridgehead atoms. The molecule has 0 aromatic heterocycles. The van der Waals surface area contributed by atoms with E-state index in [1.54, 1.807) is 24.3 Å². The second kappa shape index (κ2) is 13.5. The van der Waals surface area contributed by atoms with Crippen LogP contribution in [0.3, 0.4) is 0 Å². The van der Waals surface area contributed by atoms with Crippen LogP contribution < -0.4 is 5.32 Å². The Morgan fingerprint density at radius 1 is 0.842 bits per heavy atom. The number of nitrogens with one attached hydrogen (secondary N) is 1.